The monoisotopic (exact) mass is 428 g/mol. The van der Waals surface area contributed by atoms with Crippen LogP contribution in [-0.4, -0.2) is 34.2 Å². The van der Waals surface area contributed by atoms with E-state index >= 15 is 0 Å². The van der Waals surface area contributed by atoms with Crippen LogP contribution in [0.25, 0.3) is 6.08 Å². The molecule has 24 heavy (non-hydrogen) atoms. The van der Waals surface area contributed by atoms with E-state index in [0.717, 1.165) is 28.2 Å². The minimum absolute atomic E-state index is 0.0159. The van der Waals surface area contributed by atoms with Crippen LogP contribution in [0.15, 0.2) is 27.6 Å². The molecule has 0 bridgehead atoms. The maximum atomic E-state index is 12.4. The van der Waals surface area contributed by atoms with Crippen molar-refractivity contribution < 1.29 is 19.4 Å². The lowest BCUT2D eigenvalue weighted by Crippen LogP contribution is -2.33. The fourth-order valence-corrected chi connectivity index (χ4v) is 3.69. The Morgan fingerprint density at radius 2 is 2.25 bits per heavy atom. The maximum Gasteiger partial charge on any atom is 0.266 e. The van der Waals surface area contributed by atoms with E-state index in [1.165, 1.54) is 4.90 Å². The zero-order valence-corrected chi connectivity index (χ0v) is 16.1. The first-order valence-corrected chi connectivity index (χ1v) is 9.31. The van der Waals surface area contributed by atoms with Crippen molar-refractivity contribution in [1.29, 1.82) is 0 Å². The van der Waals surface area contributed by atoms with Crippen LogP contribution in [0.5, 0.6) is 5.75 Å². The molecule has 1 aliphatic rings. The summed E-state index contributed by atoms with van der Waals surface area (Å²) in [5.74, 6) is -0.831. The van der Waals surface area contributed by atoms with Crippen LogP contribution in [-0.2, 0) is 9.59 Å². The fourth-order valence-electron chi connectivity index (χ4n) is 2.01. The van der Waals surface area contributed by atoms with Gasteiger partial charge in [0.25, 0.3) is 5.91 Å². The van der Waals surface area contributed by atoms with E-state index < -0.39 is 5.97 Å². The first kappa shape index (κ1) is 19.0. The molecule has 1 aromatic carbocycles. The number of thioether (sulfide) groups is 1. The molecule has 128 valence electrons. The number of carbonyl (C=O) groups excluding carboxylic acids is 2. The molecule has 1 heterocycles. The third-order valence-corrected chi connectivity index (χ3v) is 5.00. The average molecular weight is 429 g/mol. The molecule has 0 aromatic heterocycles. The molecule has 5 nitrogen and oxygen atoms in total. The van der Waals surface area contributed by atoms with Gasteiger partial charge in [-0.3, -0.25) is 9.69 Å². The van der Waals surface area contributed by atoms with Crippen LogP contribution in [0.1, 0.15) is 25.3 Å². The minimum Gasteiger partial charge on any atom is -0.550 e. The third kappa shape index (κ3) is 4.81. The van der Waals surface area contributed by atoms with Crippen molar-refractivity contribution in [2.45, 2.75) is 19.8 Å². The zero-order chi connectivity index (χ0) is 17.7. The second kappa shape index (κ2) is 8.64. The highest BCUT2D eigenvalue weighted by molar-refractivity contribution is 9.10. The smallest absolute Gasteiger partial charge is 0.266 e. The van der Waals surface area contributed by atoms with E-state index in [1.54, 1.807) is 6.08 Å². The highest BCUT2D eigenvalue weighted by atomic mass is 79.9. The van der Waals surface area contributed by atoms with Crippen molar-refractivity contribution in [2.24, 2.45) is 0 Å². The van der Waals surface area contributed by atoms with E-state index in [9.17, 15) is 14.7 Å². The minimum atomic E-state index is -1.21. The number of carbonyl (C=O) groups is 2. The van der Waals surface area contributed by atoms with Gasteiger partial charge in [0.1, 0.15) is 10.1 Å². The molecular weight excluding hydrogens is 414 g/mol. The van der Waals surface area contributed by atoms with E-state index in [2.05, 4.69) is 15.9 Å². The van der Waals surface area contributed by atoms with Gasteiger partial charge in [0, 0.05) is 29.0 Å². The topological polar surface area (TPSA) is 69.7 Å². The molecule has 0 radical (unpaired) electrons. The van der Waals surface area contributed by atoms with Gasteiger partial charge in [-0.05, 0) is 30.7 Å². The highest BCUT2D eigenvalue weighted by Crippen LogP contribution is 2.35. The van der Waals surface area contributed by atoms with Gasteiger partial charge < -0.3 is 14.6 Å². The Morgan fingerprint density at radius 3 is 2.92 bits per heavy atom. The van der Waals surface area contributed by atoms with Gasteiger partial charge in [0.15, 0.2) is 0 Å². The molecule has 0 N–H and O–H groups in total. The molecule has 0 unspecified atom stereocenters. The lowest BCUT2D eigenvalue weighted by molar-refractivity contribution is -0.305. The molecule has 1 fully saturated rings. The van der Waals surface area contributed by atoms with Crippen molar-refractivity contribution in [2.75, 3.05) is 13.2 Å². The standard InChI is InChI=1S/C16H16BrNO4S2/c1-2-7-22-12-4-3-11(17)8-10(12)9-13-15(21)18(16(23)24-13)6-5-14(19)20/h3-4,8-9H,2,5-7H2,1H3,(H,19,20)/p-1/b13-9-. The summed E-state index contributed by atoms with van der Waals surface area (Å²) < 4.78 is 6.91. The SMILES string of the molecule is CCCOc1ccc(Br)cc1/C=C1\SC(=S)N(CCC(=O)[O-])C1=O. The number of amides is 1. The van der Waals surface area contributed by atoms with Gasteiger partial charge in [-0.25, -0.2) is 0 Å². The summed E-state index contributed by atoms with van der Waals surface area (Å²) in [5, 5.41) is 10.6. The maximum absolute atomic E-state index is 12.4. The summed E-state index contributed by atoms with van der Waals surface area (Å²) in [6.45, 7) is 2.61. The molecule has 1 saturated heterocycles. The molecule has 1 aromatic rings. The summed E-state index contributed by atoms with van der Waals surface area (Å²) in [6, 6.07) is 5.56. The number of benzene rings is 1. The number of carboxylic acids is 1. The lowest BCUT2D eigenvalue weighted by Gasteiger charge is -2.14. The first-order valence-electron chi connectivity index (χ1n) is 7.30. The van der Waals surface area contributed by atoms with Crippen molar-refractivity contribution >= 4 is 62.2 Å². The number of nitrogens with zero attached hydrogens (tertiary/aromatic N) is 1. The Kier molecular flexibility index (Phi) is 6.82. The van der Waals surface area contributed by atoms with E-state index in [4.69, 9.17) is 17.0 Å². The van der Waals surface area contributed by atoms with Gasteiger partial charge in [-0.15, -0.1) is 0 Å². The Balaban J connectivity index is 2.25. The number of halogens is 1. The molecule has 0 aliphatic carbocycles. The van der Waals surface area contributed by atoms with Gasteiger partial charge >= 0.3 is 0 Å². The highest BCUT2D eigenvalue weighted by Gasteiger charge is 2.31. The largest absolute Gasteiger partial charge is 0.550 e. The summed E-state index contributed by atoms with van der Waals surface area (Å²) in [6.07, 6.45) is 2.34. The Labute approximate surface area is 158 Å². The Bertz CT molecular complexity index is 705. The van der Waals surface area contributed by atoms with Crippen LogP contribution in [0.4, 0.5) is 0 Å². The van der Waals surface area contributed by atoms with Crippen LogP contribution in [0, 0.1) is 0 Å². The molecule has 2 rings (SSSR count). The van der Waals surface area contributed by atoms with E-state index in [0.29, 0.717) is 21.6 Å². The van der Waals surface area contributed by atoms with Crippen LogP contribution < -0.4 is 9.84 Å². The van der Waals surface area contributed by atoms with Crippen LogP contribution >= 0.6 is 39.9 Å². The molecule has 1 amide bonds. The molecule has 0 saturated carbocycles. The van der Waals surface area contributed by atoms with E-state index in [-0.39, 0.29) is 18.9 Å². The van der Waals surface area contributed by atoms with Crippen molar-refractivity contribution in [3.05, 3.63) is 33.1 Å². The molecule has 8 heteroatoms. The number of ether oxygens (including phenoxy) is 1. The number of hydrogen-bond donors (Lipinski definition) is 0. The van der Waals surface area contributed by atoms with Crippen LogP contribution in [0.3, 0.4) is 0 Å². The predicted octanol–water partition coefficient (Wildman–Crippen LogP) is 2.58. The number of thiocarbonyl (C=S) groups is 1. The van der Waals surface area contributed by atoms with E-state index in [1.807, 2.05) is 25.1 Å². The molecule has 0 spiro atoms. The van der Waals surface area contributed by atoms with Gasteiger partial charge in [0.05, 0.1) is 11.5 Å². The summed E-state index contributed by atoms with van der Waals surface area (Å²) >= 11 is 9.72. The normalized spacial score (nSPS) is 16.1. The second-order valence-corrected chi connectivity index (χ2v) is 7.58. The molecule has 1 aliphatic heterocycles. The Morgan fingerprint density at radius 1 is 1.50 bits per heavy atom. The van der Waals surface area contributed by atoms with Crippen molar-refractivity contribution in [1.82, 2.24) is 4.90 Å². The van der Waals surface area contributed by atoms with Crippen molar-refractivity contribution in [3.63, 3.8) is 0 Å². The number of hydrogen-bond acceptors (Lipinski definition) is 6. The number of rotatable bonds is 7. The Hall–Kier alpha value is -1.38. The third-order valence-electron chi connectivity index (χ3n) is 3.13. The van der Waals surface area contributed by atoms with Gasteiger partial charge in [0.2, 0.25) is 0 Å². The van der Waals surface area contributed by atoms with Crippen molar-refractivity contribution in [3.8, 4) is 5.75 Å². The zero-order valence-electron chi connectivity index (χ0n) is 12.9. The summed E-state index contributed by atoms with van der Waals surface area (Å²) in [7, 11) is 0. The van der Waals surface area contributed by atoms with Gasteiger partial charge in [-0.1, -0.05) is 46.8 Å². The fraction of sp³-hybridized carbons (Fsp3) is 0.312. The number of aliphatic carboxylic acids is 1. The lowest BCUT2D eigenvalue weighted by atomic mass is 10.2. The summed E-state index contributed by atoms with van der Waals surface area (Å²) in [5.41, 5.74) is 0.762. The molecule has 0 atom stereocenters. The average Bonchev–Trinajstić information content (AvgIpc) is 2.78. The second-order valence-electron chi connectivity index (χ2n) is 4.99. The first-order chi connectivity index (χ1) is 11.4. The molecular formula is C16H15BrNO4S2-. The predicted molar refractivity (Wildman–Crippen MR) is 99.4 cm³/mol. The summed E-state index contributed by atoms with van der Waals surface area (Å²) in [4.78, 5) is 24.7. The van der Waals surface area contributed by atoms with Crippen LogP contribution in [0.2, 0.25) is 0 Å². The quantitative estimate of drug-likeness (QED) is 0.490. The van der Waals surface area contributed by atoms with Gasteiger partial charge in [-0.2, -0.15) is 0 Å². The number of carboxylic acid groups (broad SMARTS) is 1.